The van der Waals surface area contributed by atoms with Gasteiger partial charge in [0.2, 0.25) is 0 Å². The molecule has 3 aliphatic rings. The molecule has 2 bridgehead atoms. The van der Waals surface area contributed by atoms with Crippen LogP contribution in [0.25, 0.3) is 10.9 Å². The first-order valence-corrected chi connectivity index (χ1v) is 8.29. The Balaban J connectivity index is 1.69. The van der Waals surface area contributed by atoms with Crippen molar-refractivity contribution >= 4 is 10.9 Å². The number of piperidine rings is 3. The minimum Gasteiger partial charge on any atom is -0.508 e. The lowest BCUT2D eigenvalue weighted by Crippen LogP contribution is -2.54. The maximum atomic E-state index is 11.0. The van der Waals surface area contributed by atoms with Crippen molar-refractivity contribution in [2.45, 2.75) is 25.0 Å². The minimum atomic E-state index is -0.559. The molecule has 4 heterocycles. The molecule has 120 valence electrons. The zero-order valence-corrected chi connectivity index (χ0v) is 13.1. The molecule has 3 saturated heterocycles. The fourth-order valence-corrected chi connectivity index (χ4v) is 4.33. The topological polar surface area (TPSA) is 56.6 Å². The molecule has 0 aliphatic carbocycles. The lowest BCUT2D eigenvalue weighted by atomic mass is 9.73. The Morgan fingerprint density at radius 1 is 1.35 bits per heavy atom. The minimum absolute atomic E-state index is 0.137. The molecule has 2 N–H and O–H groups in total. The van der Waals surface area contributed by atoms with Crippen LogP contribution in [0.15, 0.2) is 43.1 Å². The van der Waals surface area contributed by atoms with Crippen LogP contribution in [0.2, 0.25) is 0 Å². The quantitative estimate of drug-likeness (QED) is 0.856. The van der Waals surface area contributed by atoms with Crippen LogP contribution in [0, 0.1) is 11.8 Å². The third kappa shape index (κ3) is 2.42. The molecule has 2 aromatic rings. The van der Waals surface area contributed by atoms with E-state index in [2.05, 4.69) is 22.5 Å². The van der Waals surface area contributed by atoms with E-state index in [1.807, 2.05) is 6.07 Å². The number of phenolic OH excluding ortho intramolecular Hbond substituents is 1. The number of hydrogen-bond donors (Lipinski definition) is 2. The third-order valence-corrected chi connectivity index (χ3v) is 5.60. The van der Waals surface area contributed by atoms with Gasteiger partial charge < -0.3 is 10.2 Å². The van der Waals surface area contributed by atoms with E-state index in [4.69, 9.17) is 0 Å². The number of phenols is 1. The van der Waals surface area contributed by atoms with Crippen LogP contribution in [-0.4, -0.2) is 39.2 Å². The van der Waals surface area contributed by atoms with Crippen molar-refractivity contribution in [1.29, 1.82) is 0 Å². The van der Waals surface area contributed by atoms with Crippen molar-refractivity contribution in [3.63, 3.8) is 0 Å². The molecule has 5 rings (SSSR count). The van der Waals surface area contributed by atoms with Crippen LogP contribution in [0.1, 0.15) is 24.5 Å². The summed E-state index contributed by atoms with van der Waals surface area (Å²) in [7, 11) is 0. The molecule has 4 nitrogen and oxygen atoms in total. The number of fused-ring (bicyclic) bond motifs is 4. The molecule has 5 atom stereocenters. The third-order valence-electron chi connectivity index (χ3n) is 5.60. The van der Waals surface area contributed by atoms with Gasteiger partial charge in [-0.1, -0.05) is 6.08 Å². The number of hydrogen-bond acceptors (Lipinski definition) is 4. The molecular weight excluding hydrogens is 288 g/mol. The zero-order valence-electron chi connectivity index (χ0n) is 13.1. The fourth-order valence-electron chi connectivity index (χ4n) is 4.33. The van der Waals surface area contributed by atoms with E-state index >= 15 is 0 Å². The Labute approximate surface area is 136 Å². The van der Waals surface area contributed by atoms with Gasteiger partial charge in [-0.05, 0) is 61.1 Å². The Morgan fingerprint density at radius 3 is 2.96 bits per heavy atom. The highest BCUT2D eigenvalue weighted by Crippen LogP contribution is 2.42. The average molecular weight is 310 g/mol. The maximum absolute atomic E-state index is 11.0. The highest BCUT2D eigenvalue weighted by molar-refractivity contribution is 5.83. The summed E-state index contributed by atoms with van der Waals surface area (Å²) >= 11 is 0. The summed E-state index contributed by atoms with van der Waals surface area (Å²) in [5.41, 5.74) is 1.66. The molecule has 1 aromatic heterocycles. The predicted molar refractivity (Wildman–Crippen MR) is 90.1 cm³/mol. The van der Waals surface area contributed by atoms with Crippen molar-refractivity contribution < 1.29 is 10.2 Å². The second kappa shape index (κ2) is 5.62. The van der Waals surface area contributed by atoms with Crippen LogP contribution in [-0.2, 0) is 0 Å². The summed E-state index contributed by atoms with van der Waals surface area (Å²) in [6.45, 7) is 5.99. The van der Waals surface area contributed by atoms with Crippen molar-refractivity contribution in [2.24, 2.45) is 11.8 Å². The zero-order chi connectivity index (χ0) is 16.0. The SMILES string of the molecule is C=CC1CN2CC[C@@H]1C[C@@H]2[C@H](O)c1ccnc2ccc(O)cc12. The summed E-state index contributed by atoms with van der Waals surface area (Å²) in [6, 6.07) is 7.14. The highest BCUT2D eigenvalue weighted by Gasteiger charge is 2.42. The molecule has 3 fully saturated rings. The van der Waals surface area contributed by atoms with Gasteiger partial charge in [0.05, 0.1) is 11.6 Å². The van der Waals surface area contributed by atoms with E-state index in [9.17, 15) is 10.2 Å². The van der Waals surface area contributed by atoms with Crippen LogP contribution < -0.4 is 0 Å². The van der Waals surface area contributed by atoms with Crippen LogP contribution in [0.3, 0.4) is 0 Å². The Hall–Kier alpha value is -1.91. The van der Waals surface area contributed by atoms with Gasteiger partial charge in [0.15, 0.2) is 0 Å². The summed E-state index contributed by atoms with van der Waals surface area (Å²) in [6.07, 6.45) is 5.44. The molecule has 3 aliphatic heterocycles. The van der Waals surface area contributed by atoms with Crippen LogP contribution >= 0.6 is 0 Å². The second-order valence-corrected chi connectivity index (χ2v) is 6.79. The Morgan fingerprint density at radius 2 is 2.22 bits per heavy atom. The first-order chi connectivity index (χ1) is 11.2. The number of nitrogens with zero attached hydrogens (tertiary/aromatic N) is 2. The molecule has 0 spiro atoms. The van der Waals surface area contributed by atoms with Gasteiger partial charge >= 0.3 is 0 Å². The Bertz CT molecular complexity index is 745. The predicted octanol–water partition coefficient (Wildman–Crippen LogP) is 2.87. The number of pyridine rings is 1. The largest absolute Gasteiger partial charge is 0.508 e. The van der Waals surface area contributed by atoms with E-state index in [1.54, 1.807) is 24.4 Å². The number of benzene rings is 1. The normalized spacial score (nSPS) is 31.2. The monoisotopic (exact) mass is 310 g/mol. The van der Waals surface area contributed by atoms with Gasteiger partial charge in [-0.15, -0.1) is 6.58 Å². The number of aliphatic hydroxyl groups excluding tert-OH is 1. The van der Waals surface area contributed by atoms with Gasteiger partial charge in [-0.2, -0.15) is 0 Å². The lowest BCUT2D eigenvalue weighted by molar-refractivity contribution is -0.0444. The summed E-state index contributed by atoms with van der Waals surface area (Å²) in [5, 5.41) is 21.7. The van der Waals surface area contributed by atoms with Gasteiger partial charge in [0.25, 0.3) is 0 Å². The average Bonchev–Trinajstić information content (AvgIpc) is 2.60. The van der Waals surface area contributed by atoms with Crippen molar-refractivity contribution in [3.8, 4) is 5.75 Å². The maximum Gasteiger partial charge on any atom is 0.116 e. The van der Waals surface area contributed by atoms with Crippen molar-refractivity contribution in [3.05, 3.63) is 48.7 Å². The molecule has 1 aromatic carbocycles. The highest BCUT2D eigenvalue weighted by atomic mass is 16.3. The number of rotatable bonds is 3. The standard InChI is InChI=1S/C19H22N2O2/c1-2-12-11-21-8-6-13(12)9-18(21)19(23)15-5-7-20-17-4-3-14(22)10-16(15)17/h2-5,7,10,12-13,18-19,22-23H,1,6,8-9,11H2/t12?,13-,18-,19-/m1/s1. The first kappa shape index (κ1) is 14.7. The number of aliphatic hydroxyl groups is 1. The van der Waals surface area contributed by atoms with E-state index < -0.39 is 6.10 Å². The smallest absolute Gasteiger partial charge is 0.116 e. The van der Waals surface area contributed by atoms with E-state index in [0.29, 0.717) is 11.8 Å². The summed E-state index contributed by atoms with van der Waals surface area (Å²) in [4.78, 5) is 6.73. The number of aromatic nitrogens is 1. The van der Waals surface area contributed by atoms with Gasteiger partial charge in [-0.3, -0.25) is 9.88 Å². The molecular formula is C19H22N2O2. The van der Waals surface area contributed by atoms with Crippen LogP contribution in [0.4, 0.5) is 0 Å². The fraction of sp³-hybridized carbons (Fsp3) is 0.421. The van der Waals surface area contributed by atoms with Gasteiger partial charge in [-0.25, -0.2) is 0 Å². The first-order valence-electron chi connectivity index (χ1n) is 8.29. The molecule has 4 heteroatoms. The lowest BCUT2D eigenvalue weighted by Gasteiger charge is -2.50. The van der Waals surface area contributed by atoms with Crippen LogP contribution in [0.5, 0.6) is 5.75 Å². The van der Waals surface area contributed by atoms with Crippen molar-refractivity contribution in [2.75, 3.05) is 13.1 Å². The molecule has 2 unspecified atom stereocenters. The van der Waals surface area contributed by atoms with E-state index in [-0.39, 0.29) is 11.8 Å². The molecule has 0 amide bonds. The van der Waals surface area contributed by atoms with Crippen molar-refractivity contribution in [1.82, 2.24) is 9.88 Å². The van der Waals surface area contributed by atoms with Gasteiger partial charge in [0, 0.05) is 24.2 Å². The summed E-state index contributed by atoms with van der Waals surface area (Å²) in [5.74, 6) is 1.38. The molecule has 23 heavy (non-hydrogen) atoms. The van der Waals surface area contributed by atoms with E-state index in [1.165, 1.54) is 6.42 Å². The molecule has 0 radical (unpaired) electrons. The summed E-state index contributed by atoms with van der Waals surface area (Å²) < 4.78 is 0. The number of aromatic hydroxyl groups is 1. The van der Waals surface area contributed by atoms with Gasteiger partial charge in [0.1, 0.15) is 5.75 Å². The van der Waals surface area contributed by atoms with E-state index in [0.717, 1.165) is 36.0 Å². The second-order valence-electron chi connectivity index (χ2n) is 6.79. The Kier molecular flexibility index (Phi) is 3.58. The molecule has 0 saturated carbocycles.